The van der Waals surface area contributed by atoms with Crippen LogP contribution in [0.15, 0.2) is 24.3 Å². The van der Waals surface area contributed by atoms with Crippen molar-refractivity contribution >= 4 is 23.6 Å². The van der Waals surface area contributed by atoms with Gasteiger partial charge in [-0.1, -0.05) is 12.1 Å². The molecule has 0 aliphatic carbocycles. The van der Waals surface area contributed by atoms with Gasteiger partial charge >= 0.3 is 12.2 Å². The van der Waals surface area contributed by atoms with Crippen LogP contribution in [-0.2, 0) is 16.1 Å². The van der Waals surface area contributed by atoms with Gasteiger partial charge in [-0.25, -0.2) is 27.2 Å². The topological polar surface area (TPSA) is 111 Å². The number of carbonyl (C=O) groups is 2. The van der Waals surface area contributed by atoms with E-state index in [2.05, 4.69) is 14.8 Å². The van der Waals surface area contributed by atoms with E-state index in [-0.39, 0.29) is 5.69 Å². The quantitative estimate of drug-likeness (QED) is 0.297. The standard InChI is InChI=1S/C17H14F4N2O5/c1-7(28-17(25)26)8-2-4-9(5-3-8)23-16(24)27-6-10-11(18)13(20)15(22)14(21)12(10)19/h2-5,7H,6,22H2,1H3,(H,23,24)(H,25,26). The number of carboxylic acid groups (broad SMARTS) is 1. The van der Waals surface area contributed by atoms with Crippen LogP contribution in [0, 0.1) is 23.3 Å². The third-order valence-corrected chi connectivity index (χ3v) is 3.64. The molecule has 0 bridgehead atoms. The van der Waals surface area contributed by atoms with Gasteiger partial charge in [-0.15, -0.1) is 0 Å². The van der Waals surface area contributed by atoms with Crippen molar-refractivity contribution in [2.75, 3.05) is 11.1 Å². The molecular formula is C17H14F4N2O5. The Hall–Kier alpha value is -3.50. The van der Waals surface area contributed by atoms with Crippen molar-refractivity contribution in [2.45, 2.75) is 19.6 Å². The summed E-state index contributed by atoms with van der Waals surface area (Å²) in [4.78, 5) is 22.2. The van der Waals surface area contributed by atoms with Crippen molar-refractivity contribution in [3.63, 3.8) is 0 Å². The van der Waals surface area contributed by atoms with Gasteiger partial charge in [0.25, 0.3) is 0 Å². The summed E-state index contributed by atoms with van der Waals surface area (Å²) in [6.45, 7) is 0.415. The van der Waals surface area contributed by atoms with E-state index < -0.39 is 59.5 Å². The average Bonchev–Trinajstić information content (AvgIpc) is 2.64. The first-order chi connectivity index (χ1) is 13.1. The molecular weight excluding hydrogens is 388 g/mol. The van der Waals surface area contributed by atoms with Crippen LogP contribution >= 0.6 is 0 Å². The van der Waals surface area contributed by atoms with Crippen LogP contribution in [0.3, 0.4) is 0 Å². The summed E-state index contributed by atoms with van der Waals surface area (Å²) in [5, 5.41) is 10.8. The smallest absolute Gasteiger partial charge is 0.450 e. The van der Waals surface area contributed by atoms with E-state index in [0.717, 1.165) is 0 Å². The van der Waals surface area contributed by atoms with Gasteiger partial charge in [-0.3, -0.25) is 5.32 Å². The number of carbonyl (C=O) groups excluding carboxylic acids is 1. The zero-order valence-corrected chi connectivity index (χ0v) is 14.3. The molecule has 1 amide bonds. The number of nitrogens with one attached hydrogen (secondary N) is 1. The van der Waals surface area contributed by atoms with Crippen LogP contribution in [0.2, 0.25) is 0 Å². The number of rotatable bonds is 5. The molecule has 2 aromatic rings. The zero-order chi connectivity index (χ0) is 21.0. The fraction of sp³-hybridized carbons (Fsp3) is 0.176. The number of hydrogen-bond donors (Lipinski definition) is 3. The molecule has 28 heavy (non-hydrogen) atoms. The molecule has 0 saturated heterocycles. The molecule has 0 spiro atoms. The van der Waals surface area contributed by atoms with Gasteiger partial charge in [0, 0.05) is 5.69 Å². The minimum atomic E-state index is -1.79. The third kappa shape index (κ3) is 4.61. The van der Waals surface area contributed by atoms with E-state index in [0.29, 0.717) is 5.56 Å². The van der Waals surface area contributed by atoms with E-state index in [1.165, 1.54) is 31.2 Å². The van der Waals surface area contributed by atoms with Crippen molar-refractivity contribution in [1.29, 1.82) is 0 Å². The van der Waals surface area contributed by atoms with Gasteiger partial charge in [0.05, 0.1) is 5.56 Å². The Morgan fingerprint density at radius 3 is 2.11 bits per heavy atom. The molecule has 0 saturated carbocycles. The fourth-order valence-corrected chi connectivity index (χ4v) is 2.17. The SMILES string of the molecule is CC(OC(=O)O)c1ccc(NC(=O)OCc2c(F)c(F)c(N)c(F)c2F)cc1. The van der Waals surface area contributed by atoms with Gasteiger partial charge in [0.2, 0.25) is 0 Å². The third-order valence-electron chi connectivity index (χ3n) is 3.64. The number of amides is 1. The Morgan fingerprint density at radius 2 is 1.61 bits per heavy atom. The molecule has 0 aliphatic heterocycles. The molecule has 0 fully saturated rings. The van der Waals surface area contributed by atoms with E-state index in [4.69, 9.17) is 10.8 Å². The number of ether oxygens (including phenoxy) is 2. The summed E-state index contributed by atoms with van der Waals surface area (Å²) in [7, 11) is 0. The Kier molecular flexibility index (Phi) is 6.29. The summed E-state index contributed by atoms with van der Waals surface area (Å²) < 4.78 is 63.2. The Bertz CT molecular complexity index is 876. The van der Waals surface area contributed by atoms with E-state index >= 15 is 0 Å². The van der Waals surface area contributed by atoms with Crippen LogP contribution in [0.25, 0.3) is 0 Å². The number of nitrogen functional groups attached to an aromatic ring is 1. The molecule has 0 radical (unpaired) electrons. The Balaban J connectivity index is 2.01. The lowest BCUT2D eigenvalue weighted by atomic mass is 10.1. The maximum atomic E-state index is 13.7. The van der Waals surface area contributed by atoms with Crippen LogP contribution in [0.1, 0.15) is 24.2 Å². The predicted octanol–water partition coefficient (Wildman–Crippen LogP) is 4.33. The molecule has 1 atom stereocenters. The molecule has 4 N–H and O–H groups in total. The van der Waals surface area contributed by atoms with Gasteiger partial charge in [-0.05, 0) is 24.6 Å². The van der Waals surface area contributed by atoms with Crippen LogP contribution in [-0.4, -0.2) is 17.4 Å². The van der Waals surface area contributed by atoms with E-state index in [9.17, 15) is 27.2 Å². The first-order valence-corrected chi connectivity index (χ1v) is 7.65. The summed E-state index contributed by atoms with van der Waals surface area (Å²) in [6, 6.07) is 5.71. The Labute approximate surface area is 155 Å². The largest absolute Gasteiger partial charge is 0.506 e. The normalized spacial score (nSPS) is 11.6. The summed E-state index contributed by atoms with van der Waals surface area (Å²) >= 11 is 0. The maximum absolute atomic E-state index is 13.7. The Morgan fingerprint density at radius 1 is 1.07 bits per heavy atom. The second kappa shape index (κ2) is 8.46. The highest BCUT2D eigenvalue weighted by Crippen LogP contribution is 2.26. The molecule has 7 nitrogen and oxygen atoms in total. The molecule has 11 heteroatoms. The maximum Gasteiger partial charge on any atom is 0.506 e. The second-order valence-corrected chi connectivity index (χ2v) is 5.50. The molecule has 0 aliphatic rings. The highest BCUT2D eigenvalue weighted by molar-refractivity contribution is 5.84. The van der Waals surface area contributed by atoms with Crippen molar-refractivity contribution in [3.05, 3.63) is 58.7 Å². The van der Waals surface area contributed by atoms with Gasteiger partial charge < -0.3 is 20.3 Å². The van der Waals surface area contributed by atoms with E-state index in [1.54, 1.807) is 0 Å². The summed E-state index contributed by atoms with van der Waals surface area (Å²) in [5.41, 5.74) is 3.13. The average molecular weight is 402 g/mol. The molecule has 0 heterocycles. The van der Waals surface area contributed by atoms with Crippen LogP contribution in [0.5, 0.6) is 0 Å². The number of nitrogens with two attached hydrogens (primary N) is 1. The minimum absolute atomic E-state index is 0.201. The lowest BCUT2D eigenvalue weighted by molar-refractivity contribution is 0.0587. The van der Waals surface area contributed by atoms with Crippen LogP contribution in [0.4, 0.5) is 38.5 Å². The lowest BCUT2D eigenvalue weighted by Gasteiger charge is -2.12. The molecule has 1 unspecified atom stereocenters. The molecule has 2 rings (SSSR count). The monoisotopic (exact) mass is 402 g/mol. The van der Waals surface area contributed by atoms with Crippen molar-refractivity contribution in [3.8, 4) is 0 Å². The first kappa shape index (κ1) is 20.8. The minimum Gasteiger partial charge on any atom is -0.450 e. The fourth-order valence-electron chi connectivity index (χ4n) is 2.17. The first-order valence-electron chi connectivity index (χ1n) is 7.65. The highest BCUT2D eigenvalue weighted by atomic mass is 19.2. The summed E-state index contributed by atoms with van der Waals surface area (Å²) in [6.07, 6.45) is -3.35. The van der Waals surface area contributed by atoms with E-state index in [1.807, 2.05) is 0 Å². The second-order valence-electron chi connectivity index (χ2n) is 5.50. The van der Waals surface area contributed by atoms with Gasteiger partial charge in [-0.2, -0.15) is 0 Å². The highest BCUT2D eigenvalue weighted by Gasteiger charge is 2.24. The zero-order valence-electron chi connectivity index (χ0n) is 14.3. The molecule has 0 aromatic heterocycles. The van der Waals surface area contributed by atoms with Crippen molar-refractivity contribution < 1.29 is 41.7 Å². The summed E-state index contributed by atoms with van der Waals surface area (Å²) in [5.74, 6) is -7.10. The molecule has 150 valence electrons. The van der Waals surface area contributed by atoms with Gasteiger partial charge in [0.1, 0.15) is 18.4 Å². The number of anilines is 2. The number of benzene rings is 2. The number of halogens is 4. The number of hydrogen-bond acceptors (Lipinski definition) is 5. The van der Waals surface area contributed by atoms with Crippen LogP contribution < -0.4 is 11.1 Å². The van der Waals surface area contributed by atoms with Gasteiger partial charge in [0.15, 0.2) is 23.3 Å². The van der Waals surface area contributed by atoms with Crippen molar-refractivity contribution in [2.24, 2.45) is 0 Å². The predicted molar refractivity (Wildman–Crippen MR) is 88.5 cm³/mol. The lowest BCUT2D eigenvalue weighted by Crippen LogP contribution is -2.16. The molecule has 2 aromatic carbocycles. The van der Waals surface area contributed by atoms with Crippen molar-refractivity contribution in [1.82, 2.24) is 0 Å².